The van der Waals surface area contributed by atoms with Crippen LogP contribution in [0, 0.1) is 0 Å². The van der Waals surface area contributed by atoms with Gasteiger partial charge in [-0.1, -0.05) is 0 Å². The van der Waals surface area contributed by atoms with Crippen molar-refractivity contribution < 1.29 is 13.5 Å². The normalized spacial score (nSPS) is 11.8. The highest BCUT2D eigenvalue weighted by atomic mass is 32.2. The number of aliphatic hydroxyl groups is 1. The number of rotatable bonds is 7. The molecule has 2 aromatic heterocycles. The Hall–Kier alpha value is -1.22. The topological polar surface area (TPSA) is 84.2 Å². The van der Waals surface area contributed by atoms with Gasteiger partial charge in [0, 0.05) is 25.9 Å². The van der Waals surface area contributed by atoms with E-state index in [0.717, 1.165) is 5.56 Å². The summed E-state index contributed by atoms with van der Waals surface area (Å²) >= 11 is 1.52. The number of hydrogen-bond acceptors (Lipinski definition) is 5. The fourth-order valence-electron chi connectivity index (χ4n) is 1.49. The molecule has 2 N–H and O–H groups in total. The number of hydrogen-bond donors (Lipinski definition) is 2. The van der Waals surface area contributed by atoms with E-state index in [4.69, 9.17) is 5.11 Å². The van der Waals surface area contributed by atoms with Crippen molar-refractivity contribution >= 4 is 21.4 Å². The Kier molecular flexibility index (Phi) is 4.70. The number of thiophene rings is 1. The fourth-order valence-corrected chi connectivity index (χ4v) is 3.13. The summed E-state index contributed by atoms with van der Waals surface area (Å²) in [6.45, 7) is 0.822. The van der Waals surface area contributed by atoms with Crippen molar-refractivity contribution in [2.45, 2.75) is 24.4 Å². The summed E-state index contributed by atoms with van der Waals surface area (Å²) in [7, 11) is -3.53. The summed E-state index contributed by atoms with van der Waals surface area (Å²) in [5.41, 5.74) is 0.932. The monoisotopic (exact) mass is 301 g/mol. The molecule has 0 fully saturated rings. The number of aliphatic hydroxyl groups excluding tert-OH is 1. The Balaban J connectivity index is 2.00. The third-order valence-electron chi connectivity index (χ3n) is 2.51. The minimum atomic E-state index is -3.53. The second kappa shape index (κ2) is 6.29. The molecule has 0 bridgehead atoms. The smallest absolute Gasteiger partial charge is 0.243 e. The molecule has 0 aliphatic carbocycles. The molecule has 0 saturated carbocycles. The quantitative estimate of drug-likeness (QED) is 0.792. The van der Waals surface area contributed by atoms with Gasteiger partial charge in [0.15, 0.2) is 0 Å². The van der Waals surface area contributed by atoms with Crippen molar-refractivity contribution in [1.82, 2.24) is 14.5 Å². The van der Waals surface area contributed by atoms with Crippen molar-refractivity contribution in [3.63, 3.8) is 0 Å². The molecule has 0 saturated heterocycles. The largest absolute Gasteiger partial charge is 0.396 e. The van der Waals surface area contributed by atoms with Gasteiger partial charge in [0.05, 0.1) is 6.20 Å². The number of nitrogens with zero attached hydrogens (tertiary/aromatic N) is 2. The first-order valence-electron chi connectivity index (χ1n) is 5.76. The summed E-state index contributed by atoms with van der Waals surface area (Å²) in [6.07, 6.45) is 3.32. The molecule has 0 aromatic carbocycles. The fraction of sp³-hybridized carbons (Fsp3) is 0.364. The van der Waals surface area contributed by atoms with Crippen LogP contribution in [0.1, 0.15) is 12.0 Å². The van der Waals surface area contributed by atoms with Crippen LogP contribution < -0.4 is 4.72 Å². The second-order valence-corrected chi connectivity index (χ2v) is 6.52. The van der Waals surface area contributed by atoms with E-state index in [0.29, 0.717) is 13.0 Å². The first kappa shape index (κ1) is 14.2. The molecular formula is C11H15N3O3S2. The van der Waals surface area contributed by atoms with Gasteiger partial charge in [0.1, 0.15) is 4.90 Å². The molecular weight excluding hydrogens is 286 g/mol. The average molecular weight is 301 g/mol. The lowest BCUT2D eigenvalue weighted by Crippen LogP contribution is -2.22. The van der Waals surface area contributed by atoms with Gasteiger partial charge in [-0.3, -0.25) is 4.68 Å². The van der Waals surface area contributed by atoms with Crippen LogP contribution in [-0.4, -0.2) is 29.9 Å². The van der Waals surface area contributed by atoms with E-state index in [1.165, 1.54) is 28.4 Å². The first-order chi connectivity index (χ1) is 9.12. The van der Waals surface area contributed by atoms with Gasteiger partial charge < -0.3 is 5.11 Å². The predicted molar refractivity (Wildman–Crippen MR) is 72.3 cm³/mol. The first-order valence-corrected chi connectivity index (χ1v) is 8.18. The van der Waals surface area contributed by atoms with E-state index in [2.05, 4.69) is 9.82 Å². The van der Waals surface area contributed by atoms with Crippen molar-refractivity contribution in [2.24, 2.45) is 0 Å². The van der Waals surface area contributed by atoms with Crippen LogP contribution in [0.2, 0.25) is 0 Å². The van der Waals surface area contributed by atoms with E-state index in [9.17, 15) is 8.42 Å². The standard InChI is InChI=1S/C11H15N3O3S2/c15-4-1-3-14-8-11(7-12-14)19(16,17)13-6-10-2-5-18-9-10/h2,5,7-9,13,15H,1,3-4,6H2. The van der Waals surface area contributed by atoms with E-state index in [-0.39, 0.29) is 18.0 Å². The van der Waals surface area contributed by atoms with Crippen LogP contribution in [0.15, 0.2) is 34.1 Å². The molecule has 2 heterocycles. The van der Waals surface area contributed by atoms with Crippen LogP contribution >= 0.6 is 11.3 Å². The average Bonchev–Trinajstić information content (AvgIpc) is 3.05. The zero-order valence-corrected chi connectivity index (χ0v) is 11.8. The molecule has 2 rings (SSSR count). The summed E-state index contributed by atoms with van der Waals surface area (Å²) < 4.78 is 28.0. The molecule has 6 nitrogen and oxygen atoms in total. The van der Waals surface area contributed by atoms with Gasteiger partial charge in [0.2, 0.25) is 10.0 Å². The van der Waals surface area contributed by atoms with E-state index < -0.39 is 10.0 Å². The van der Waals surface area contributed by atoms with Gasteiger partial charge >= 0.3 is 0 Å². The maximum atomic E-state index is 12.0. The number of aryl methyl sites for hydroxylation is 1. The molecule has 2 aromatic rings. The van der Waals surface area contributed by atoms with Gasteiger partial charge in [-0.25, -0.2) is 13.1 Å². The Morgan fingerprint density at radius 2 is 2.32 bits per heavy atom. The minimum Gasteiger partial charge on any atom is -0.396 e. The third kappa shape index (κ3) is 3.87. The van der Waals surface area contributed by atoms with Crippen molar-refractivity contribution in [1.29, 1.82) is 0 Å². The zero-order chi connectivity index (χ0) is 13.7. The highest BCUT2D eigenvalue weighted by molar-refractivity contribution is 7.89. The second-order valence-electron chi connectivity index (χ2n) is 3.97. The Morgan fingerprint density at radius 1 is 1.47 bits per heavy atom. The van der Waals surface area contributed by atoms with E-state index in [1.807, 2.05) is 16.8 Å². The molecule has 8 heteroatoms. The molecule has 0 amide bonds. The third-order valence-corrected chi connectivity index (χ3v) is 4.60. The highest BCUT2D eigenvalue weighted by Crippen LogP contribution is 2.10. The van der Waals surface area contributed by atoms with Crippen molar-refractivity contribution in [3.8, 4) is 0 Å². The van der Waals surface area contributed by atoms with Crippen molar-refractivity contribution in [2.75, 3.05) is 6.61 Å². The number of sulfonamides is 1. The lowest BCUT2D eigenvalue weighted by molar-refractivity contribution is 0.277. The summed E-state index contributed by atoms with van der Waals surface area (Å²) in [4.78, 5) is 0.140. The Morgan fingerprint density at radius 3 is 3.00 bits per heavy atom. The number of nitrogens with one attached hydrogen (secondary N) is 1. The van der Waals surface area contributed by atoms with Crippen LogP contribution in [0.5, 0.6) is 0 Å². The van der Waals surface area contributed by atoms with Gasteiger partial charge in [-0.05, 0) is 28.8 Å². The molecule has 0 aliphatic rings. The highest BCUT2D eigenvalue weighted by Gasteiger charge is 2.16. The van der Waals surface area contributed by atoms with E-state index in [1.54, 1.807) is 0 Å². The van der Waals surface area contributed by atoms with Crippen LogP contribution in [0.25, 0.3) is 0 Å². The zero-order valence-electron chi connectivity index (χ0n) is 10.2. The van der Waals surface area contributed by atoms with E-state index >= 15 is 0 Å². The van der Waals surface area contributed by atoms with Crippen LogP contribution in [-0.2, 0) is 23.1 Å². The number of aromatic nitrogens is 2. The van der Waals surface area contributed by atoms with Crippen LogP contribution in [0.4, 0.5) is 0 Å². The molecule has 0 spiro atoms. The summed E-state index contributed by atoms with van der Waals surface area (Å²) in [5, 5.41) is 16.5. The molecule has 0 radical (unpaired) electrons. The van der Waals surface area contributed by atoms with Gasteiger partial charge in [0.25, 0.3) is 0 Å². The Labute approximate surface area is 115 Å². The molecule has 19 heavy (non-hydrogen) atoms. The maximum Gasteiger partial charge on any atom is 0.243 e. The maximum absolute atomic E-state index is 12.0. The summed E-state index contributed by atoms with van der Waals surface area (Å²) in [5.74, 6) is 0. The summed E-state index contributed by atoms with van der Waals surface area (Å²) in [6, 6.07) is 1.87. The lowest BCUT2D eigenvalue weighted by Gasteiger charge is -2.02. The molecule has 104 valence electrons. The molecule has 0 aliphatic heterocycles. The van der Waals surface area contributed by atoms with Gasteiger partial charge in [-0.15, -0.1) is 0 Å². The molecule has 0 atom stereocenters. The predicted octanol–water partition coefficient (Wildman–Crippen LogP) is 0.805. The SMILES string of the molecule is O=S(=O)(NCc1ccsc1)c1cnn(CCCO)c1. The minimum absolute atomic E-state index is 0.0539. The molecule has 0 unspecified atom stereocenters. The Bertz CT molecular complexity index is 605. The van der Waals surface area contributed by atoms with Gasteiger partial charge in [-0.2, -0.15) is 16.4 Å². The lowest BCUT2D eigenvalue weighted by atomic mass is 10.4. The van der Waals surface area contributed by atoms with Crippen molar-refractivity contribution in [3.05, 3.63) is 34.8 Å². The van der Waals surface area contributed by atoms with Crippen LogP contribution in [0.3, 0.4) is 0 Å².